The molecule has 1 saturated heterocycles. The maximum Gasteiger partial charge on any atom is 0.309 e. The molecule has 1 heterocycles. The summed E-state index contributed by atoms with van der Waals surface area (Å²) in [6, 6.07) is 0. The molecule has 6 atom stereocenters. The van der Waals surface area contributed by atoms with Crippen molar-refractivity contribution >= 4 is 5.97 Å². The molecule has 0 aromatic rings. The summed E-state index contributed by atoms with van der Waals surface area (Å²) in [6.45, 7) is 8.03. The van der Waals surface area contributed by atoms with E-state index in [9.17, 15) is 4.79 Å². The Morgan fingerprint density at radius 1 is 1.35 bits per heavy atom. The van der Waals surface area contributed by atoms with Crippen LogP contribution >= 0.6 is 0 Å². The molecule has 0 amide bonds. The molecule has 96 valence electrons. The summed E-state index contributed by atoms with van der Waals surface area (Å²) in [5.74, 6) is 2.99. The van der Waals surface area contributed by atoms with Gasteiger partial charge in [0.2, 0.25) is 0 Å². The third-order valence-electron chi connectivity index (χ3n) is 5.13. The zero-order chi connectivity index (χ0) is 12.2. The van der Waals surface area contributed by atoms with E-state index in [0.717, 1.165) is 6.61 Å². The number of cyclic esters (lactones) is 1. The molecule has 2 bridgehead atoms. The average Bonchev–Trinajstić information content (AvgIpc) is 2.90. The second kappa shape index (κ2) is 3.98. The molecule has 6 unspecified atom stereocenters. The van der Waals surface area contributed by atoms with E-state index in [0.29, 0.717) is 36.2 Å². The first kappa shape index (κ1) is 11.5. The van der Waals surface area contributed by atoms with Gasteiger partial charge in [-0.2, -0.15) is 0 Å². The molecule has 0 aromatic carbocycles. The minimum Gasteiger partial charge on any atom is -0.465 e. The highest BCUT2D eigenvalue weighted by molar-refractivity contribution is 5.76. The molecule has 0 spiro atoms. The number of carbonyl (C=O) groups excluding carboxylic acids is 1. The molecule has 3 nitrogen and oxygen atoms in total. The molecule has 0 N–H and O–H groups in total. The van der Waals surface area contributed by atoms with Gasteiger partial charge in [0.05, 0.1) is 18.6 Å². The SMILES string of the molecule is CCOC1C2CC(C3COC(=O)C32)C1C(C)C. The van der Waals surface area contributed by atoms with Gasteiger partial charge in [0.15, 0.2) is 0 Å². The summed E-state index contributed by atoms with van der Waals surface area (Å²) >= 11 is 0. The predicted octanol–water partition coefficient (Wildman–Crippen LogP) is 2.10. The Bertz CT molecular complexity index is 325. The molecule has 3 heteroatoms. The molecule has 0 aromatic heterocycles. The summed E-state index contributed by atoms with van der Waals surface area (Å²) < 4.78 is 11.2. The van der Waals surface area contributed by atoms with Gasteiger partial charge in [0.25, 0.3) is 0 Å². The topological polar surface area (TPSA) is 35.5 Å². The number of hydrogen-bond donors (Lipinski definition) is 0. The van der Waals surface area contributed by atoms with E-state index in [-0.39, 0.29) is 18.0 Å². The van der Waals surface area contributed by atoms with Crippen LogP contribution in [0.1, 0.15) is 27.2 Å². The van der Waals surface area contributed by atoms with Crippen molar-refractivity contribution in [1.29, 1.82) is 0 Å². The largest absolute Gasteiger partial charge is 0.465 e. The molecule has 2 saturated carbocycles. The van der Waals surface area contributed by atoms with E-state index in [1.165, 1.54) is 6.42 Å². The number of rotatable bonds is 3. The van der Waals surface area contributed by atoms with Crippen LogP contribution in [0.2, 0.25) is 0 Å². The lowest BCUT2D eigenvalue weighted by Gasteiger charge is -2.38. The summed E-state index contributed by atoms with van der Waals surface area (Å²) in [6.07, 6.45) is 1.47. The van der Waals surface area contributed by atoms with Crippen molar-refractivity contribution in [2.45, 2.75) is 33.3 Å². The fraction of sp³-hybridized carbons (Fsp3) is 0.929. The molecular weight excluding hydrogens is 216 g/mol. The Morgan fingerprint density at radius 3 is 2.76 bits per heavy atom. The zero-order valence-corrected chi connectivity index (χ0v) is 10.9. The molecule has 0 radical (unpaired) electrons. The Hall–Kier alpha value is -0.570. The van der Waals surface area contributed by atoms with Gasteiger partial charge >= 0.3 is 5.97 Å². The van der Waals surface area contributed by atoms with E-state index < -0.39 is 0 Å². The Balaban J connectivity index is 1.88. The summed E-state index contributed by atoms with van der Waals surface area (Å²) in [5, 5.41) is 0. The van der Waals surface area contributed by atoms with Crippen LogP contribution in [0.4, 0.5) is 0 Å². The summed E-state index contributed by atoms with van der Waals surface area (Å²) in [7, 11) is 0. The van der Waals surface area contributed by atoms with Crippen LogP contribution in [0.5, 0.6) is 0 Å². The summed E-state index contributed by atoms with van der Waals surface area (Å²) in [5.41, 5.74) is 0. The molecule has 3 fully saturated rings. The smallest absolute Gasteiger partial charge is 0.309 e. The molecule has 3 rings (SSSR count). The van der Waals surface area contributed by atoms with Crippen LogP contribution in [-0.4, -0.2) is 25.3 Å². The molecule has 17 heavy (non-hydrogen) atoms. The van der Waals surface area contributed by atoms with Crippen molar-refractivity contribution in [3.05, 3.63) is 0 Å². The summed E-state index contributed by atoms with van der Waals surface area (Å²) in [4.78, 5) is 11.8. The highest BCUT2D eigenvalue weighted by Gasteiger charge is 2.63. The van der Waals surface area contributed by atoms with Crippen LogP contribution in [0.15, 0.2) is 0 Å². The van der Waals surface area contributed by atoms with Crippen LogP contribution < -0.4 is 0 Å². The third-order valence-corrected chi connectivity index (χ3v) is 5.13. The van der Waals surface area contributed by atoms with E-state index in [1.54, 1.807) is 0 Å². The maximum absolute atomic E-state index is 11.8. The number of fused-ring (bicyclic) bond motifs is 5. The van der Waals surface area contributed by atoms with Crippen LogP contribution in [-0.2, 0) is 14.3 Å². The van der Waals surface area contributed by atoms with E-state index in [1.807, 2.05) is 6.92 Å². The van der Waals surface area contributed by atoms with Crippen molar-refractivity contribution in [1.82, 2.24) is 0 Å². The van der Waals surface area contributed by atoms with Crippen molar-refractivity contribution in [3.63, 3.8) is 0 Å². The lowest BCUT2D eigenvalue weighted by Crippen LogP contribution is -2.42. The van der Waals surface area contributed by atoms with Gasteiger partial charge in [-0.05, 0) is 37.0 Å². The van der Waals surface area contributed by atoms with Gasteiger partial charge in [0, 0.05) is 12.5 Å². The fourth-order valence-corrected chi connectivity index (χ4v) is 4.68. The van der Waals surface area contributed by atoms with Crippen molar-refractivity contribution < 1.29 is 14.3 Å². The lowest BCUT2D eigenvalue weighted by atomic mass is 9.70. The van der Waals surface area contributed by atoms with Gasteiger partial charge in [-0.25, -0.2) is 0 Å². The Kier molecular flexibility index (Phi) is 2.69. The van der Waals surface area contributed by atoms with Gasteiger partial charge in [-0.1, -0.05) is 13.8 Å². The van der Waals surface area contributed by atoms with Crippen LogP contribution in [0, 0.1) is 35.5 Å². The van der Waals surface area contributed by atoms with Crippen molar-refractivity contribution in [2.24, 2.45) is 35.5 Å². The van der Waals surface area contributed by atoms with Gasteiger partial charge in [-0.3, -0.25) is 4.79 Å². The van der Waals surface area contributed by atoms with Crippen molar-refractivity contribution in [3.8, 4) is 0 Å². The Morgan fingerprint density at radius 2 is 2.12 bits per heavy atom. The Labute approximate surface area is 103 Å². The van der Waals surface area contributed by atoms with Gasteiger partial charge in [-0.15, -0.1) is 0 Å². The number of hydrogen-bond acceptors (Lipinski definition) is 3. The molecule has 2 aliphatic carbocycles. The van der Waals surface area contributed by atoms with Crippen LogP contribution in [0.3, 0.4) is 0 Å². The monoisotopic (exact) mass is 238 g/mol. The highest BCUT2D eigenvalue weighted by atomic mass is 16.5. The average molecular weight is 238 g/mol. The number of ether oxygens (including phenoxy) is 2. The van der Waals surface area contributed by atoms with Gasteiger partial charge in [0.1, 0.15) is 0 Å². The lowest BCUT2D eigenvalue weighted by molar-refractivity contribution is -0.145. The minimum atomic E-state index is 0.0365. The molecular formula is C14H22O3. The first-order chi connectivity index (χ1) is 8.15. The van der Waals surface area contributed by atoms with E-state index in [4.69, 9.17) is 9.47 Å². The zero-order valence-electron chi connectivity index (χ0n) is 10.9. The number of carbonyl (C=O) groups is 1. The van der Waals surface area contributed by atoms with Crippen molar-refractivity contribution in [2.75, 3.05) is 13.2 Å². The predicted molar refractivity (Wildman–Crippen MR) is 63.3 cm³/mol. The minimum absolute atomic E-state index is 0.0365. The molecule has 1 aliphatic heterocycles. The highest BCUT2D eigenvalue weighted by Crippen LogP contribution is 2.60. The fourth-order valence-electron chi connectivity index (χ4n) is 4.68. The maximum atomic E-state index is 11.8. The van der Waals surface area contributed by atoms with Crippen LogP contribution in [0.25, 0.3) is 0 Å². The standard InChI is InChI=1S/C14H22O3/c1-4-16-13-9-5-8(11(13)7(2)3)10-6-17-14(15)12(9)10/h7-13H,4-6H2,1-3H3. The number of esters is 1. The molecule has 3 aliphatic rings. The van der Waals surface area contributed by atoms with E-state index >= 15 is 0 Å². The quantitative estimate of drug-likeness (QED) is 0.706. The second-order valence-corrected chi connectivity index (χ2v) is 6.12. The normalized spacial score (nSPS) is 47.6. The second-order valence-electron chi connectivity index (χ2n) is 6.12. The first-order valence-corrected chi connectivity index (χ1v) is 6.93. The van der Waals surface area contributed by atoms with E-state index in [2.05, 4.69) is 13.8 Å². The third kappa shape index (κ3) is 1.48. The van der Waals surface area contributed by atoms with Gasteiger partial charge < -0.3 is 9.47 Å². The first-order valence-electron chi connectivity index (χ1n) is 6.93.